The minimum absolute atomic E-state index is 0.0682. The zero-order chi connectivity index (χ0) is 25.6. The lowest BCUT2D eigenvalue weighted by Gasteiger charge is -2.17. The van der Waals surface area contributed by atoms with E-state index in [1.807, 2.05) is 30.3 Å². The molecule has 0 aliphatic rings. The van der Waals surface area contributed by atoms with Gasteiger partial charge in [0, 0.05) is 37.3 Å². The van der Waals surface area contributed by atoms with Crippen LogP contribution in [0.4, 0.5) is 0 Å². The molecule has 0 aliphatic heterocycles. The van der Waals surface area contributed by atoms with E-state index in [0.717, 1.165) is 28.7 Å². The zero-order valence-corrected chi connectivity index (χ0v) is 21.2. The van der Waals surface area contributed by atoms with Crippen LogP contribution in [0, 0.1) is 0 Å². The van der Waals surface area contributed by atoms with Crippen molar-refractivity contribution in [2.24, 2.45) is 5.73 Å². The molecule has 188 valence electrons. The third-order valence-electron chi connectivity index (χ3n) is 4.42. The number of benzene rings is 1. The van der Waals surface area contributed by atoms with Gasteiger partial charge in [0.25, 0.3) is 6.57 Å². The number of nitrogens with one attached hydrogen (secondary N) is 1. The Labute approximate surface area is 206 Å². The van der Waals surface area contributed by atoms with Gasteiger partial charge in [-0.3, -0.25) is 23.7 Å². The van der Waals surface area contributed by atoms with Gasteiger partial charge < -0.3 is 25.8 Å². The van der Waals surface area contributed by atoms with Crippen molar-refractivity contribution < 1.29 is 38.5 Å². The van der Waals surface area contributed by atoms with Crippen LogP contribution in [-0.4, -0.2) is 58.8 Å². The van der Waals surface area contributed by atoms with Gasteiger partial charge in [0.1, 0.15) is 6.04 Å². The number of carboxylic acid groups (broad SMARTS) is 2. The first-order chi connectivity index (χ1) is 16.1. The van der Waals surface area contributed by atoms with E-state index in [9.17, 15) is 23.7 Å². The van der Waals surface area contributed by atoms with E-state index in [2.05, 4.69) is 5.32 Å². The molecule has 1 amide bonds. The second-order valence-corrected chi connectivity index (χ2v) is 12.6. The average Bonchev–Trinajstić information content (AvgIpc) is 2.82. The lowest BCUT2D eigenvalue weighted by atomic mass is 10.1. The van der Waals surface area contributed by atoms with E-state index in [1.165, 1.54) is 18.3 Å². The first-order valence-electron chi connectivity index (χ1n) is 10.2. The van der Waals surface area contributed by atoms with Crippen LogP contribution >= 0.6 is 29.7 Å². The molecule has 5 N–H and O–H groups in total. The van der Waals surface area contributed by atoms with Crippen LogP contribution < -0.4 is 11.1 Å². The van der Waals surface area contributed by atoms with E-state index in [-0.39, 0.29) is 31.4 Å². The van der Waals surface area contributed by atoms with Crippen LogP contribution in [-0.2, 0) is 34.0 Å². The van der Waals surface area contributed by atoms with Crippen molar-refractivity contribution in [3.63, 3.8) is 0 Å². The van der Waals surface area contributed by atoms with Crippen LogP contribution in [0.25, 0.3) is 0 Å². The van der Waals surface area contributed by atoms with E-state index >= 15 is 0 Å². The molecule has 13 heteroatoms. The Hall–Kier alpha value is -2.11. The highest BCUT2D eigenvalue weighted by molar-refractivity contribution is 8.57. The molecule has 0 spiro atoms. The smallest absolute Gasteiger partial charge is 0.320 e. The van der Waals surface area contributed by atoms with Gasteiger partial charge in [-0.05, 0) is 17.4 Å². The fraction of sp³-hybridized carbons (Fsp3) is 0.429. The van der Waals surface area contributed by atoms with Gasteiger partial charge in [0.05, 0.1) is 12.5 Å². The number of nitrogens with two attached hydrogens (primary N) is 1. The van der Waals surface area contributed by atoms with Crippen molar-refractivity contribution in [2.45, 2.75) is 43.5 Å². The van der Waals surface area contributed by atoms with Gasteiger partial charge in [-0.15, -0.1) is 11.8 Å². The summed E-state index contributed by atoms with van der Waals surface area (Å²) in [5.74, 6) is -1.48. The summed E-state index contributed by atoms with van der Waals surface area (Å²) in [6.07, 6.45) is -0.973. The highest BCUT2D eigenvalue weighted by atomic mass is 32.7. The SMILES string of the molecule is COP(=O)(C=CSCC(NC(=O)CCC(N)C(=O)O)C(=O)CCC(=O)O)SCc1ccccc1. The first kappa shape index (κ1) is 29.9. The molecule has 34 heavy (non-hydrogen) atoms. The average molecular weight is 533 g/mol. The van der Waals surface area contributed by atoms with Gasteiger partial charge >= 0.3 is 11.9 Å². The third kappa shape index (κ3) is 12.4. The van der Waals surface area contributed by atoms with E-state index in [1.54, 1.807) is 0 Å². The molecule has 0 aromatic heterocycles. The fourth-order valence-electron chi connectivity index (χ4n) is 2.46. The molecule has 0 heterocycles. The summed E-state index contributed by atoms with van der Waals surface area (Å²) in [7, 11) is 1.34. The Morgan fingerprint density at radius 2 is 1.82 bits per heavy atom. The van der Waals surface area contributed by atoms with Gasteiger partial charge in [-0.2, -0.15) is 0 Å². The molecule has 0 saturated carbocycles. The number of carbonyl (C=O) groups is 4. The maximum atomic E-state index is 12.9. The maximum absolute atomic E-state index is 12.9. The molecule has 0 fully saturated rings. The van der Waals surface area contributed by atoms with Gasteiger partial charge in [-0.1, -0.05) is 41.7 Å². The summed E-state index contributed by atoms with van der Waals surface area (Å²) in [6, 6.07) is 7.25. The summed E-state index contributed by atoms with van der Waals surface area (Å²) >= 11 is 2.26. The number of hydrogen-bond acceptors (Lipinski definition) is 9. The molecule has 3 unspecified atom stereocenters. The number of thioether (sulfide) groups is 1. The maximum Gasteiger partial charge on any atom is 0.320 e. The number of hydrogen-bond donors (Lipinski definition) is 4. The van der Waals surface area contributed by atoms with E-state index in [0.29, 0.717) is 5.75 Å². The summed E-state index contributed by atoms with van der Waals surface area (Å²) in [5.41, 5.74) is 6.37. The second-order valence-electron chi connectivity index (χ2n) is 7.06. The highest BCUT2D eigenvalue weighted by Gasteiger charge is 2.23. The van der Waals surface area contributed by atoms with Crippen molar-refractivity contribution in [2.75, 3.05) is 12.9 Å². The number of amides is 1. The Morgan fingerprint density at radius 3 is 2.41 bits per heavy atom. The molecule has 0 radical (unpaired) electrons. The fourth-order valence-corrected chi connectivity index (χ4v) is 6.82. The van der Waals surface area contributed by atoms with Crippen LogP contribution in [0.1, 0.15) is 31.2 Å². The Morgan fingerprint density at radius 1 is 1.15 bits per heavy atom. The topological polar surface area (TPSA) is 173 Å². The van der Waals surface area contributed by atoms with Crippen molar-refractivity contribution >= 4 is 53.3 Å². The molecule has 10 nitrogen and oxygen atoms in total. The lowest BCUT2D eigenvalue weighted by molar-refractivity contribution is -0.139. The molecular weight excluding hydrogens is 503 g/mol. The lowest BCUT2D eigenvalue weighted by Crippen LogP contribution is -2.43. The summed E-state index contributed by atoms with van der Waals surface area (Å²) in [4.78, 5) is 46.1. The summed E-state index contributed by atoms with van der Waals surface area (Å²) in [6.45, 7) is -3.14. The number of aliphatic carboxylic acids is 2. The van der Waals surface area contributed by atoms with E-state index < -0.39 is 42.3 Å². The molecule has 1 rings (SSSR count). The van der Waals surface area contributed by atoms with Crippen molar-refractivity contribution in [3.8, 4) is 0 Å². The van der Waals surface area contributed by atoms with Crippen molar-refractivity contribution in [3.05, 3.63) is 47.1 Å². The predicted octanol–water partition coefficient (Wildman–Crippen LogP) is 3.07. The van der Waals surface area contributed by atoms with E-state index in [4.69, 9.17) is 20.5 Å². The van der Waals surface area contributed by atoms with Crippen LogP contribution in [0.5, 0.6) is 0 Å². The second kappa shape index (κ2) is 15.7. The normalized spacial score (nSPS) is 14.8. The minimum atomic E-state index is -3.14. The number of rotatable bonds is 17. The molecule has 0 bridgehead atoms. The standard InChI is InChI=1S/C21H29N2O8PS2/c1-31-32(30,34-13-15-5-3-2-4-6-15)11-12-33-14-17(18(24)8-10-20(26)27)23-19(25)9-7-16(22)21(28)29/h2-6,11-12,16-17H,7-10,13-14,22H2,1H3,(H,23,25)(H,26,27)(H,28,29). The number of carboxylic acids is 2. The molecule has 1 aromatic carbocycles. The Kier molecular flexibility index (Phi) is 13.8. The highest BCUT2D eigenvalue weighted by Crippen LogP contribution is 2.61. The Bertz CT molecular complexity index is 913. The minimum Gasteiger partial charge on any atom is -0.481 e. The third-order valence-corrected chi connectivity index (χ3v) is 9.60. The number of Topliss-reactive ketones (excluding diaryl/α,β-unsaturated/α-hetero) is 1. The van der Waals surface area contributed by atoms with Crippen LogP contribution in [0.3, 0.4) is 0 Å². The zero-order valence-electron chi connectivity index (χ0n) is 18.6. The molecular formula is C21H29N2O8PS2. The first-order valence-corrected chi connectivity index (χ1v) is 14.5. The quantitative estimate of drug-likeness (QED) is 0.217. The molecule has 0 saturated heterocycles. The molecule has 3 atom stereocenters. The summed E-state index contributed by atoms with van der Waals surface area (Å²) in [5, 5.41) is 21.6. The molecule has 0 aliphatic carbocycles. The monoisotopic (exact) mass is 532 g/mol. The number of carbonyl (C=O) groups excluding carboxylic acids is 2. The van der Waals surface area contributed by atoms with Gasteiger partial charge in [0.2, 0.25) is 5.91 Å². The predicted molar refractivity (Wildman–Crippen MR) is 133 cm³/mol. The van der Waals surface area contributed by atoms with Crippen molar-refractivity contribution in [1.82, 2.24) is 5.32 Å². The Balaban J connectivity index is 2.69. The van der Waals surface area contributed by atoms with Crippen LogP contribution in [0.15, 0.2) is 41.6 Å². The van der Waals surface area contributed by atoms with Gasteiger partial charge in [0.15, 0.2) is 5.78 Å². The van der Waals surface area contributed by atoms with Crippen molar-refractivity contribution in [1.29, 1.82) is 0 Å². The summed E-state index contributed by atoms with van der Waals surface area (Å²) < 4.78 is 18.0. The molecule has 1 aromatic rings. The van der Waals surface area contributed by atoms with Crippen LogP contribution in [0.2, 0.25) is 0 Å². The number of ketones is 1. The largest absolute Gasteiger partial charge is 0.481 e. The van der Waals surface area contributed by atoms with Gasteiger partial charge in [-0.25, -0.2) is 0 Å².